The fraction of sp³-hybridized carbons (Fsp3) is 0.478. The molecule has 140 valence electrons. The summed E-state index contributed by atoms with van der Waals surface area (Å²) in [4.78, 5) is 1.24. The van der Waals surface area contributed by atoms with Gasteiger partial charge in [0.15, 0.2) is 0 Å². The first-order valence-electron chi connectivity index (χ1n) is 9.69. The molecule has 1 N–H and O–H groups in total. The van der Waals surface area contributed by atoms with Crippen LogP contribution in [0.5, 0.6) is 5.75 Å². The molecule has 0 aromatic heterocycles. The lowest BCUT2D eigenvalue weighted by Gasteiger charge is -2.39. The molecule has 2 aromatic rings. The van der Waals surface area contributed by atoms with Crippen molar-refractivity contribution >= 4 is 11.8 Å². The molecule has 0 unspecified atom stereocenters. The average Bonchev–Trinajstić information content (AvgIpc) is 2.81. The largest absolute Gasteiger partial charge is 0.497 e. The lowest BCUT2D eigenvalue weighted by atomic mass is 9.69. The van der Waals surface area contributed by atoms with E-state index in [4.69, 9.17) is 4.74 Å². The highest BCUT2D eigenvalue weighted by Gasteiger charge is 2.44. The van der Waals surface area contributed by atoms with Gasteiger partial charge < -0.3 is 9.84 Å². The second-order valence-corrected chi connectivity index (χ2v) is 8.36. The summed E-state index contributed by atoms with van der Waals surface area (Å²) in [7, 11) is 1.71. The molecular weight excluding hydrogens is 340 g/mol. The van der Waals surface area contributed by atoms with E-state index in [2.05, 4.69) is 50.2 Å². The Balaban J connectivity index is 2.12. The Morgan fingerprint density at radius 1 is 1.15 bits per heavy atom. The summed E-state index contributed by atoms with van der Waals surface area (Å²) >= 11 is 1.88. The van der Waals surface area contributed by atoms with Gasteiger partial charge in [0.2, 0.25) is 0 Å². The normalized spacial score (nSPS) is 25.4. The molecule has 0 fully saturated rings. The van der Waals surface area contributed by atoms with Gasteiger partial charge in [-0.1, -0.05) is 63.1 Å². The third-order valence-electron chi connectivity index (χ3n) is 5.91. The maximum atomic E-state index is 11.7. The van der Waals surface area contributed by atoms with E-state index < -0.39 is 0 Å². The number of hydrogen-bond acceptors (Lipinski definition) is 3. The van der Waals surface area contributed by atoms with Crippen LogP contribution in [0.2, 0.25) is 0 Å². The molecule has 1 aliphatic heterocycles. The van der Waals surface area contributed by atoms with Crippen LogP contribution < -0.4 is 4.74 Å². The van der Waals surface area contributed by atoms with Crippen LogP contribution in [0.4, 0.5) is 0 Å². The molecule has 0 saturated heterocycles. The van der Waals surface area contributed by atoms with E-state index in [1.54, 1.807) is 7.11 Å². The molecule has 2 aromatic carbocycles. The van der Waals surface area contributed by atoms with Crippen LogP contribution in [0.3, 0.4) is 0 Å². The number of aliphatic hydroxyl groups is 1. The van der Waals surface area contributed by atoms with Gasteiger partial charge in [-0.25, -0.2) is 0 Å². The molecule has 1 heterocycles. The van der Waals surface area contributed by atoms with E-state index in [-0.39, 0.29) is 17.4 Å². The zero-order valence-electron chi connectivity index (χ0n) is 16.1. The van der Waals surface area contributed by atoms with Crippen molar-refractivity contribution in [1.82, 2.24) is 0 Å². The van der Waals surface area contributed by atoms with E-state index in [1.165, 1.54) is 16.0 Å². The molecule has 3 rings (SSSR count). The predicted octanol–water partition coefficient (Wildman–Crippen LogP) is 5.88. The van der Waals surface area contributed by atoms with Crippen molar-refractivity contribution in [3.63, 3.8) is 0 Å². The molecule has 3 heteroatoms. The van der Waals surface area contributed by atoms with E-state index >= 15 is 0 Å². The molecule has 26 heavy (non-hydrogen) atoms. The number of rotatable bonds is 6. The highest BCUT2D eigenvalue weighted by atomic mass is 32.2. The fourth-order valence-corrected chi connectivity index (χ4v) is 5.64. The molecule has 2 nitrogen and oxygen atoms in total. The molecular formula is C23H30O2S. The Labute approximate surface area is 162 Å². The van der Waals surface area contributed by atoms with E-state index in [1.807, 2.05) is 23.9 Å². The smallest absolute Gasteiger partial charge is 0.119 e. The third kappa shape index (κ3) is 3.65. The summed E-state index contributed by atoms with van der Waals surface area (Å²) in [5.41, 5.74) is 2.36. The summed E-state index contributed by atoms with van der Waals surface area (Å²) < 4.78 is 5.46. The Hall–Kier alpha value is -1.45. The van der Waals surface area contributed by atoms with Gasteiger partial charge in [-0.3, -0.25) is 0 Å². The molecule has 3 atom stereocenters. The van der Waals surface area contributed by atoms with Crippen molar-refractivity contribution < 1.29 is 9.84 Å². The maximum Gasteiger partial charge on any atom is 0.119 e. The minimum Gasteiger partial charge on any atom is -0.497 e. The molecule has 0 radical (unpaired) electrons. The van der Waals surface area contributed by atoms with Crippen LogP contribution in [-0.2, 0) is 0 Å². The third-order valence-corrected chi connectivity index (χ3v) is 7.29. The van der Waals surface area contributed by atoms with Gasteiger partial charge in [0.1, 0.15) is 5.75 Å². The summed E-state index contributed by atoms with van der Waals surface area (Å²) in [6.45, 7) is 4.46. The number of fused-ring (bicyclic) bond motifs is 1. The van der Waals surface area contributed by atoms with Crippen LogP contribution in [-0.4, -0.2) is 24.1 Å². The summed E-state index contributed by atoms with van der Waals surface area (Å²) in [5, 5.41) is 11.7. The van der Waals surface area contributed by atoms with Crippen molar-refractivity contribution in [3.8, 4) is 5.75 Å². The molecule has 0 saturated carbocycles. The number of methoxy groups -OCH3 is 1. The Morgan fingerprint density at radius 2 is 1.92 bits per heavy atom. The molecule has 0 amide bonds. The van der Waals surface area contributed by atoms with Crippen molar-refractivity contribution in [2.75, 3.05) is 12.9 Å². The SMILES string of the molecule is CCCC[C@]1(CC)CSc2cc(OC)ccc2[C@@H](c2ccccc2)[C@H]1O. The zero-order chi connectivity index (χ0) is 18.6. The van der Waals surface area contributed by atoms with Crippen molar-refractivity contribution in [3.05, 3.63) is 59.7 Å². The maximum absolute atomic E-state index is 11.7. The van der Waals surface area contributed by atoms with Crippen LogP contribution in [0.15, 0.2) is 53.4 Å². The van der Waals surface area contributed by atoms with Crippen LogP contribution in [0.1, 0.15) is 56.6 Å². The number of benzene rings is 2. The Bertz CT molecular complexity index is 715. The minimum absolute atomic E-state index is 0.00362. The van der Waals surface area contributed by atoms with Gasteiger partial charge in [-0.05, 0) is 36.1 Å². The monoisotopic (exact) mass is 370 g/mol. The number of hydrogen-bond donors (Lipinski definition) is 1. The summed E-state index contributed by atoms with van der Waals surface area (Å²) in [6.07, 6.45) is 4.00. The van der Waals surface area contributed by atoms with Crippen molar-refractivity contribution in [1.29, 1.82) is 0 Å². The van der Waals surface area contributed by atoms with Gasteiger partial charge >= 0.3 is 0 Å². The van der Waals surface area contributed by atoms with Gasteiger partial charge in [0.05, 0.1) is 13.2 Å². The number of aliphatic hydroxyl groups excluding tert-OH is 1. The lowest BCUT2D eigenvalue weighted by molar-refractivity contribution is 0.0182. The second kappa shape index (κ2) is 8.49. The number of thioether (sulfide) groups is 1. The van der Waals surface area contributed by atoms with Gasteiger partial charge in [-0.2, -0.15) is 0 Å². The first kappa shape index (κ1) is 19.3. The van der Waals surface area contributed by atoms with Crippen LogP contribution in [0.25, 0.3) is 0 Å². The van der Waals surface area contributed by atoms with E-state index in [0.29, 0.717) is 0 Å². The predicted molar refractivity (Wildman–Crippen MR) is 110 cm³/mol. The number of unbranched alkanes of at least 4 members (excludes halogenated alkanes) is 1. The van der Waals surface area contributed by atoms with Crippen LogP contribution >= 0.6 is 11.8 Å². The molecule has 0 spiro atoms. The average molecular weight is 371 g/mol. The Kier molecular flexibility index (Phi) is 6.31. The molecule has 0 aliphatic carbocycles. The minimum atomic E-state index is -0.386. The summed E-state index contributed by atoms with van der Waals surface area (Å²) in [6, 6.07) is 16.8. The second-order valence-electron chi connectivity index (χ2n) is 7.35. The first-order valence-corrected chi connectivity index (χ1v) is 10.7. The van der Waals surface area contributed by atoms with Gasteiger partial charge in [0.25, 0.3) is 0 Å². The lowest BCUT2D eigenvalue weighted by Crippen LogP contribution is -2.40. The standard InChI is InChI=1S/C23H30O2S/c1-4-6-14-23(5-2)16-26-20-15-18(25-3)12-13-19(20)21(22(23)24)17-10-8-7-9-11-17/h7-13,15,21-22,24H,4-6,14,16H2,1-3H3/t21-,22-,23-/m1/s1. The molecule has 1 aliphatic rings. The first-order chi connectivity index (χ1) is 12.6. The zero-order valence-corrected chi connectivity index (χ0v) is 16.9. The Morgan fingerprint density at radius 3 is 2.58 bits per heavy atom. The summed E-state index contributed by atoms with van der Waals surface area (Å²) in [5.74, 6) is 1.84. The van der Waals surface area contributed by atoms with Crippen LogP contribution in [0, 0.1) is 5.41 Å². The highest BCUT2D eigenvalue weighted by Crippen LogP contribution is 2.51. The van der Waals surface area contributed by atoms with Crippen molar-refractivity contribution in [2.45, 2.75) is 56.4 Å². The highest BCUT2D eigenvalue weighted by molar-refractivity contribution is 7.99. The fourth-order valence-electron chi connectivity index (χ4n) is 4.11. The van der Waals surface area contributed by atoms with E-state index in [9.17, 15) is 5.11 Å². The van der Waals surface area contributed by atoms with Crippen molar-refractivity contribution in [2.24, 2.45) is 5.41 Å². The van der Waals surface area contributed by atoms with E-state index in [0.717, 1.165) is 37.2 Å². The topological polar surface area (TPSA) is 29.5 Å². The number of ether oxygens (including phenoxy) is 1. The molecule has 0 bridgehead atoms. The van der Waals surface area contributed by atoms with Gasteiger partial charge in [-0.15, -0.1) is 11.8 Å². The van der Waals surface area contributed by atoms with Gasteiger partial charge in [0, 0.05) is 22.0 Å². The quantitative estimate of drug-likeness (QED) is 0.688.